The molecule has 3 aromatic rings. The van der Waals surface area contributed by atoms with Gasteiger partial charge in [-0.15, -0.1) is 0 Å². The zero-order valence-electron chi connectivity index (χ0n) is 15.4. The van der Waals surface area contributed by atoms with Crippen molar-refractivity contribution in [2.45, 2.75) is 18.9 Å². The van der Waals surface area contributed by atoms with Gasteiger partial charge in [-0.3, -0.25) is 4.79 Å². The van der Waals surface area contributed by atoms with Crippen molar-refractivity contribution in [1.82, 2.24) is 9.55 Å². The van der Waals surface area contributed by atoms with E-state index in [0.29, 0.717) is 4.57 Å². The van der Waals surface area contributed by atoms with Crippen LogP contribution in [0.4, 0.5) is 32.0 Å². The topological polar surface area (TPSA) is 79.9 Å². The number of anilines is 1. The molecule has 0 bridgehead atoms. The van der Waals surface area contributed by atoms with Gasteiger partial charge in [-0.2, -0.15) is 31.6 Å². The first-order valence-electron chi connectivity index (χ1n) is 8.54. The van der Waals surface area contributed by atoms with E-state index in [9.17, 15) is 31.1 Å². The molecule has 1 aromatic heterocycles. The number of hydrogen-bond acceptors (Lipinski definition) is 4. The number of benzene rings is 2. The Labute approximate surface area is 170 Å². The summed E-state index contributed by atoms with van der Waals surface area (Å²) >= 11 is 0. The average molecular weight is 442 g/mol. The summed E-state index contributed by atoms with van der Waals surface area (Å²) in [5, 5.41) is 11.4. The molecule has 162 valence electrons. The molecule has 0 unspecified atom stereocenters. The molecule has 0 spiro atoms. The van der Waals surface area contributed by atoms with E-state index in [0.717, 1.165) is 12.1 Å². The highest BCUT2D eigenvalue weighted by Crippen LogP contribution is 2.31. The quantitative estimate of drug-likeness (QED) is 0.590. The summed E-state index contributed by atoms with van der Waals surface area (Å²) < 4.78 is 82.1. The molecule has 0 saturated carbocycles. The molecule has 0 radical (unpaired) electrons. The van der Waals surface area contributed by atoms with Crippen molar-refractivity contribution >= 4 is 22.6 Å². The Balaban J connectivity index is 1.81. The lowest BCUT2D eigenvalue weighted by Crippen LogP contribution is -2.23. The maximum absolute atomic E-state index is 13.3. The Morgan fingerprint density at radius 3 is 2.48 bits per heavy atom. The molecule has 1 N–H and O–H groups in total. The molecule has 1 heterocycles. The molecule has 2 aromatic carbocycles. The van der Waals surface area contributed by atoms with E-state index in [1.165, 1.54) is 30.3 Å². The van der Waals surface area contributed by atoms with Gasteiger partial charge in [0.05, 0.1) is 16.6 Å². The van der Waals surface area contributed by atoms with Crippen LogP contribution in [0.2, 0.25) is 0 Å². The minimum absolute atomic E-state index is 0.00103. The molecule has 6 nitrogen and oxygen atoms in total. The van der Waals surface area contributed by atoms with E-state index in [1.807, 2.05) is 0 Å². The third kappa shape index (κ3) is 5.25. The van der Waals surface area contributed by atoms with Crippen molar-refractivity contribution in [1.29, 1.82) is 5.26 Å². The highest BCUT2D eigenvalue weighted by Gasteiger charge is 2.38. The molecule has 31 heavy (non-hydrogen) atoms. The third-order valence-electron chi connectivity index (χ3n) is 3.98. The molecule has 0 aliphatic heterocycles. The minimum atomic E-state index is -4.80. The SMILES string of the molecule is N#Cc1cc(NC(=O)Cn2c(C(F)(F)F)nc3ccccc32)ccc1OCC(F)(F)F. The van der Waals surface area contributed by atoms with E-state index in [-0.39, 0.29) is 28.0 Å². The van der Waals surface area contributed by atoms with Crippen molar-refractivity contribution in [3.63, 3.8) is 0 Å². The number of rotatable bonds is 5. The minimum Gasteiger partial charge on any atom is -0.483 e. The maximum atomic E-state index is 13.3. The van der Waals surface area contributed by atoms with Gasteiger partial charge in [-0.1, -0.05) is 12.1 Å². The van der Waals surface area contributed by atoms with Crippen LogP contribution in [-0.4, -0.2) is 28.2 Å². The lowest BCUT2D eigenvalue weighted by atomic mass is 10.2. The number of nitriles is 1. The lowest BCUT2D eigenvalue weighted by Gasteiger charge is -2.13. The fourth-order valence-corrected chi connectivity index (χ4v) is 2.78. The molecule has 1 amide bonds. The molecule has 0 aliphatic carbocycles. The number of ether oxygens (including phenoxy) is 1. The van der Waals surface area contributed by atoms with Crippen LogP contribution in [0, 0.1) is 11.3 Å². The van der Waals surface area contributed by atoms with Gasteiger partial charge in [0.25, 0.3) is 0 Å². The lowest BCUT2D eigenvalue weighted by molar-refractivity contribution is -0.153. The number of fused-ring (bicyclic) bond motifs is 1. The van der Waals surface area contributed by atoms with Crippen molar-refractivity contribution in [3.8, 4) is 11.8 Å². The van der Waals surface area contributed by atoms with Gasteiger partial charge in [-0.25, -0.2) is 4.98 Å². The number of nitrogens with one attached hydrogen (secondary N) is 1. The Bertz CT molecular complexity index is 1160. The Kier molecular flexibility index (Phi) is 5.79. The number of alkyl halides is 6. The Morgan fingerprint density at radius 2 is 1.84 bits per heavy atom. The number of para-hydroxylation sites is 2. The fraction of sp³-hybridized carbons (Fsp3) is 0.211. The Morgan fingerprint density at radius 1 is 1.13 bits per heavy atom. The second-order valence-corrected chi connectivity index (χ2v) is 6.28. The van der Waals surface area contributed by atoms with Crippen molar-refractivity contribution in [2.75, 3.05) is 11.9 Å². The molecular weight excluding hydrogens is 430 g/mol. The first-order valence-corrected chi connectivity index (χ1v) is 8.54. The largest absolute Gasteiger partial charge is 0.483 e. The van der Waals surface area contributed by atoms with E-state index in [4.69, 9.17) is 5.26 Å². The number of carbonyl (C=O) groups is 1. The number of carbonyl (C=O) groups excluding carboxylic acids is 1. The first kappa shape index (κ1) is 21.9. The van der Waals surface area contributed by atoms with Crippen LogP contribution in [0.1, 0.15) is 11.4 Å². The summed E-state index contributed by atoms with van der Waals surface area (Å²) in [7, 11) is 0. The van der Waals surface area contributed by atoms with Crippen LogP contribution in [0.5, 0.6) is 5.75 Å². The highest BCUT2D eigenvalue weighted by molar-refractivity contribution is 5.92. The van der Waals surface area contributed by atoms with Crippen LogP contribution in [0.3, 0.4) is 0 Å². The van der Waals surface area contributed by atoms with Gasteiger partial charge in [0.2, 0.25) is 11.7 Å². The van der Waals surface area contributed by atoms with Crippen LogP contribution in [0.15, 0.2) is 42.5 Å². The number of aromatic nitrogens is 2. The van der Waals surface area contributed by atoms with Crippen LogP contribution in [0.25, 0.3) is 11.0 Å². The van der Waals surface area contributed by atoms with Crippen LogP contribution >= 0.6 is 0 Å². The summed E-state index contributed by atoms with van der Waals surface area (Å²) in [5.41, 5.74) is -0.135. The average Bonchev–Trinajstić information content (AvgIpc) is 3.05. The summed E-state index contributed by atoms with van der Waals surface area (Å²) in [6.07, 6.45) is -9.41. The van der Waals surface area contributed by atoms with E-state index in [1.54, 1.807) is 6.07 Å². The first-order chi connectivity index (χ1) is 14.5. The molecule has 0 fully saturated rings. The zero-order valence-corrected chi connectivity index (χ0v) is 15.4. The van der Waals surface area contributed by atoms with E-state index in [2.05, 4.69) is 15.0 Å². The normalized spacial score (nSPS) is 11.9. The van der Waals surface area contributed by atoms with Gasteiger partial charge in [0, 0.05) is 5.69 Å². The van der Waals surface area contributed by atoms with Crippen LogP contribution < -0.4 is 10.1 Å². The summed E-state index contributed by atoms with van der Waals surface area (Å²) in [4.78, 5) is 15.9. The van der Waals surface area contributed by atoms with Gasteiger partial charge in [0.15, 0.2) is 6.61 Å². The fourth-order valence-electron chi connectivity index (χ4n) is 2.78. The monoisotopic (exact) mass is 442 g/mol. The Hall–Kier alpha value is -3.75. The second-order valence-electron chi connectivity index (χ2n) is 6.28. The second kappa shape index (κ2) is 8.17. The van der Waals surface area contributed by atoms with E-state index < -0.39 is 37.2 Å². The smallest absolute Gasteiger partial charge is 0.449 e. The number of amides is 1. The number of imidazole rings is 1. The number of hydrogen-bond donors (Lipinski definition) is 1. The number of halogens is 6. The molecule has 3 rings (SSSR count). The summed E-state index contributed by atoms with van der Waals surface area (Å²) in [6, 6.07) is 10.7. The molecular formula is C19H12F6N4O2. The zero-order chi connectivity index (χ0) is 22.8. The third-order valence-corrected chi connectivity index (χ3v) is 3.98. The molecule has 12 heteroatoms. The molecule has 0 atom stereocenters. The maximum Gasteiger partial charge on any atom is 0.449 e. The van der Waals surface area contributed by atoms with Gasteiger partial charge in [0.1, 0.15) is 18.4 Å². The van der Waals surface area contributed by atoms with E-state index >= 15 is 0 Å². The molecule has 0 aliphatic rings. The standard InChI is InChI=1S/C19H12F6N4O2/c20-18(21,22)10-31-15-6-5-12(7-11(15)8-26)27-16(30)9-29-14-4-2-1-3-13(14)28-17(29)19(23,24)25/h1-7H,9-10H2,(H,27,30). The number of nitrogens with zero attached hydrogens (tertiary/aromatic N) is 3. The van der Waals surface area contributed by atoms with Crippen molar-refractivity contribution < 1.29 is 35.9 Å². The predicted octanol–water partition coefficient (Wildman–Crippen LogP) is 4.51. The van der Waals surface area contributed by atoms with Crippen molar-refractivity contribution in [3.05, 3.63) is 53.9 Å². The van der Waals surface area contributed by atoms with Crippen molar-refractivity contribution in [2.24, 2.45) is 0 Å². The van der Waals surface area contributed by atoms with Gasteiger partial charge in [-0.05, 0) is 30.3 Å². The van der Waals surface area contributed by atoms with Gasteiger partial charge < -0.3 is 14.6 Å². The predicted molar refractivity (Wildman–Crippen MR) is 96.1 cm³/mol. The van der Waals surface area contributed by atoms with Gasteiger partial charge >= 0.3 is 12.4 Å². The summed E-state index contributed by atoms with van der Waals surface area (Å²) in [5.74, 6) is -2.46. The van der Waals surface area contributed by atoms with Crippen LogP contribution in [-0.2, 0) is 17.5 Å². The highest BCUT2D eigenvalue weighted by atomic mass is 19.4. The summed E-state index contributed by atoms with van der Waals surface area (Å²) in [6.45, 7) is -2.34. The molecule has 0 saturated heterocycles.